The molecule has 27 heavy (non-hydrogen) atoms. The highest BCUT2D eigenvalue weighted by atomic mass is 16.5. The van der Waals surface area contributed by atoms with Gasteiger partial charge in [-0.2, -0.15) is 0 Å². The molecule has 3 aliphatic carbocycles. The number of amides is 1. The molecule has 3 aliphatic rings. The zero-order valence-corrected chi connectivity index (χ0v) is 15.9. The molecule has 0 aliphatic heterocycles. The molecule has 1 aromatic carbocycles. The topological polar surface area (TPSA) is 75.6 Å². The van der Waals surface area contributed by atoms with Gasteiger partial charge in [0.1, 0.15) is 5.75 Å². The van der Waals surface area contributed by atoms with E-state index in [1.165, 1.54) is 6.42 Å². The van der Waals surface area contributed by atoms with Crippen LogP contribution in [0.5, 0.6) is 5.75 Å². The number of fused-ring (bicyclic) bond motifs is 2. The summed E-state index contributed by atoms with van der Waals surface area (Å²) in [4.78, 5) is 24.7. The second-order valence-corrected chi connectivity index (χ2v) is 8.78. The van der Waals surface area contributed by atoms with Crippen molar-refractivity contribution in [3.63, 3.8) is 0 Å². The van der Waals surface area contributed by atoms with Gasteiger partial charge in [-0.05, 0) is 74.5 Å². The number of ether oxygens (including phenoxy) is 1. The lowest BCUT2D eigenvalue weighted by molar-refractivity contribution is -0.142. The number of benzene rings is 1. The summed E-state index contributed by atoms with van der Waals surface area (Å²) < 4.78 is 5.36. The molecule has 0 spiro atoms. The molecule has 3 saturated carbocycles. The monoisotopic (exact) mass is 371 g/mol. The molecule has 2 N–H and O–H groups in total. The van der Waals surface area contributed by atoms with Gasteiger partial charge in [-0.25, -0.2) is 0 Å². The van der Waals surface area contributed by atoms with E-state index in [1.54, 1.807) is 7.11 Å². The zero-order valence-electron chi connectivity index (χ0n) is 15.9. The maximum Gasteiger partial charge on any atom is 0.306 e. The minimum Gasteiger partial charge on any atom is -0.497 e. The van der Waals surface area contributed by atoms with Gasteiger partial charge >= 0.3 is 5.97 Å². The average Bonchev–Trinajstić information content (AvgIpc) is 3.38. The Morgan fingerprint density at radius 2 is 2.07 bits per heavy atom. The molecule has 146 valence electrons. The number of carboxylic acid groups (broad SMARTS) is 1. The highest BCUT2D eigenvalue weighted by Gasteiger charge is 2.55. The standard InChI is InChI=1S/C22H29NO4/c1-27-19-4-2-3-14(10-19)12-22(13-15-5-7-17(22)9-15)21(26)23-18-8-6-16(11-18)20(24)25/h2-4,10,15-18H,5-9,11-13H2,1H3,(H,23,26)(H,24,25)/t15?,16-,17?,18+,22?/m0/s1. The smallest absolute Gasteiger partial charge is 0.306 e. The third kappa shape index (κ3) is 3.44. The lowest BCUT2D eigenvalue weighted by atomic mass is 9.68. The Kier molecular flexibility index (Phi) is 4.87. The zero-order chi connectivity index (χ0) is 19.0. The number of aliphatic carboxylic acids is 1. The maximum atomic E-state index is 13.5. The van der Waals surface area contributed by atoms with Crippen molar-refractivity contribution < 1.29 is 19.4 Å². The number of carbonyl (C=O) groups excluding carboxylic acids is 1. The van der Waals surface area contributed by atoms with Crippen LogP contribution in [0.1, 0.15) is 50.5 Å². The highest BCUT2D eigenvalue weighted by Crippen LogP contribution is 2.57. The van der Waals surface area contributed by atoms with Crippen LogP contribution in [0.2, 0.25) is 0 Å². The predicted molar refractivity (Wildman–Crippen MR) is 101 cm³/mol. The third-order valence-corrected chi connectivity index (χ3v) is 7.20. The molecule has 0 heterocycles. The van der Waals surface area contributed by atoms with Gasteiger partial charge in [-0.15, -0.1) is 0 Å². The van der Waals surface area contributed by atoms with Crippen LogP contribution in [-0.4, -0.2) is 30.1 Å². The van der Waals surface area contributed by atoms with Crippen LogP contribution < -0.4 is 10.1 Å². The Morgan fingerprint density at radius 3 is 2.70 bits per heavy atom. The van der Waals surface area contributed by atoms with Crippen LogP contribution in [-0.2, 0) is 16.0 Å². The predicted octanol–water partition coefficient (Wildman–Crippen LogP) is 3.41. The van der Waals surface area contributed by atoms with Gasteiger partial charge in [0.05, 0.1) is 18.4 Å². The van der Waals surface area contributed by atoms with Gasteiger partial charge in [-0.1, -0.05) is 18.6 Å². The van der Waals surface area contributed by atoms with Crippen molar-refractivity contribution in [3.8, 4) is 5.75 Å². The molecule has 0 saturated heterocycles. The number of carbonyl (C=O) groups is 2. The minimum absolute atomic E-state index is 0.0000824. The lowest BCUT2D eigenvalue weighted by Crippen LogP contribution is -2.49. The summed E-state index contributed by atoms with van der Waals surface area (Å²) >= 11 is 0. The van der Waals surface area contributed by atoms with Crippen molar-refractivity contribution in [3.05, 3.63) is 29.8 Å². The summed E-state index contributed by atoms with van der Waals surface area (Å²) in [6.45, 7) is 0. The largest absolute Gasteiger partial charge is 0.497 e. The molecular weight excluding hydrogens is 342 g/mol. The van der Waals surface area contributed by atoms with E-state index < -0.39 is 5.97 Å². The maximum absolute atomic E-state index is 13.5. The first-order valence-corrected chi connectivity index (χ1v) is 10.2. The third-order valence-electron chi connectivity index (χ3n) is 7.20. The number of nitrogens with one attached hydrogen (secondary N) is 1. The van der Waals surface area contributed by atoms with Crippen LogP contribution in [0.3, 0.4) is 0 Å². The molecule has 2 bridgehead atoms. The summed E-state index contributed by atoms with van der Waals surface area (Å²) in [7, 11) is 1.66. The van der Waals surface area contributed by atoms with Crippen molar-refractivity contribution in [2.24, 2.45) is 23.2 Å². The first-order valence-electron chi connectivity index (χ1n) is 10.2. The molecule has 0 radical (unpaired) electrons. The number of hydrogen-bond donors (Lipinski definition) is 2. The van der Waals surface area contributed by atoms with Gasteiger partial charge in [-0.3, -0.25) is 9.59 Å². The Morgan fingerprint density at radius 1 is 1.22 bits per heavy atom. The Bertz CT molecular complexity index is 733. The molecule has 0 aromatic heterocycles. The van der Waals surface area contributed by atoms with Crippen molar-refractivity contribution >= 4 is 11.9 Å². The molecule has 5 atom stereocenters. The summed E-state index contributed by atoms with van der Waals surface area (Å²) in [5.41, 5.74) is 0.795. The number of methoxy groups -OCH3 is 1. The van der Waals surface area contributed by atoms with Crippen LogP contribution in [0.15, 0.2) is 24.3 Å². The molecule has 5 heteroatoms. The van der Waals surface area contributed by atoms with E-state index in [9.17, 15) is 14.7 Å². The summed E-state index contributed by atoms with van der Waals surface area (Å²) in [6.07, 6.45) is 7.21. The van der Waals surface area contributed by atoms with Gasteiger partial charge in [0.25, 0.3) is 0 Å². The van der Waals surface area contributed by atoms with Gasteiger partial charge in [0, 0.05) is 6.04 Å². The van der Waals surface area contributed by atoms with E-state index in [-0.39, 0.29) is 23.3 Å². The molecule has 3 unspecified atom stereocenters. The number of rotatable bonds is 6. The van der Waals surface area contributed by atoms with Crippen LogP contribution in [0.4, 0.5) is 0 Å². The Balaban J connectivity index is 1.52. The van der Waals surface area contributed by atoms with Gasteiger partial charge in [0.15, 0.2) is 0 Å². The summed E-state index contributed by atoms with van der Waals surface area (Å²) in [5.74, 6) is 1.01. The van der Waals surface area contributed by atoms with Crippen molar-refractivity contribution in [2.45, 2.75) is 57.4 Å². The fourth-order valence-corrected chi connectivity index (χ4v) is 5.83. The fraction of sp³-hybridized carbons (Fsp3) is 0.636. The van der Waals surface area contributed by atoms with E-state index in [2.05, 4.69) is 11.4 Å². The van der Waals surface area contributed by atoms with E-state index in [0.717, 1.165) is 43.4 Å². The first kappa shape index (κ1) is 18.3. The van der Waals surface area contributed by atoms with E-state index in [4.69, 9.17) is 4.74 Å². The van der Waals surface area contributed by atoms with E-state index >= 15 is 0 Å². The first-order chi connectivity index (χ1) is 13.0. The molecule has 5 nitrogen and oxygen atoms in total. The van der Waals surface area contributed by atoms with Crippen molar-refractivity contribution in [1.82, 2.24) is 5.32 Å². The molecule has 3 fully saturated rings. The molecule has 1 aromatic rings. The van der Waals surface area contributed by atoms with Gasteiger partial charge < -0.3 is 15.2 Å². The molecule has 1 amide bonds. The van der Waals surface area contributed by atoms with Crippen molar-refractivity contribution in [2.75, 3.05) is 7.11 Å². The SMILES string of the molecule is COc1cccc(CC2(C(=O)N[C@@H]3CC[C@H](C(=O)O)C3)CC3CCC2C3)c1. The molecular formula is C22H29NO4. The Labute approximate surface area is 160 Å². The summed E-state index contributed by atoms with van der Waals surface area (Å²) in [6, 6.07) is 8.04. The average molecular weight is 371 g/mol. The van der Waals surface area contributed by atoms with E-state index in [1.807, 2.05) is 18.2 Å². The Hall–Kier alpha value is -2.04. The van der Waals surface area contributed by atoms with Crippen LogP contribution in [0.25, 0.3) is 0 Å². The fourth-order valence-electron chi connectivity index (χ4n) is 5.83. The number of carboxylic acids is 1. The van der Waals surface area contributed by atoms with E-state index in [0.29, 0.717) is 24.7 Å². The molecule has 4 rings (SSSR count). The van der Waals surface area contributed by atoms with Crippen LogP contribution >= 0.6 is 0 Å². The second-order valence-electron chi connectivity index (χ2n) is 8.78. The number of hydrogen-bond acceptors (Lipinski definition) is 3. The highest BCUT2D eigenvalue weighted by molar-refractivity contribution is 5.84. The minimum atomic E-state index is -0.738. The van der Waals surface area contributed by atoms with Crippen LogP contribution in [0, 0.1) is 23.2 Å². The lowest BCUT2D eigenvalue weighted by Gasteiger charge is -2.37. The van der Waals surface area contributed by atoms with Crippen molar-refractivity contribution in [1.29, 1.82) is 0 Å². The second kappa shape index (κ2) is 7.17. The summed E-state index contributed by atoms with van der Waals surface area (Å²) in [5, 5.41) is 12.5. The normalized spacial score (nSPS) is 34.6. The van der Waals surface area contributed by atoms with Gasteiger partial charge in [0.2, 0.25) is 5.91 Å². The quantitative estimate of drug-likeness (QED) is 0.803.